The summed E-state index contributed by atoms with van der Waals surface area (Å²) in [6.45, 7) is 2.12. The van der Waals surface area contributed by atoms with E-state index in [4.69, 9.17) is 11.6 Å². The number of Topliss-reactive ketones (excluding diaryl/α,β-unsaturated/α-hetero) is 1. The van der Waals surface area contributed by atoms with Gasteiger partial charge in [0.15, 0.2) is 5.78 Å². The molecule has 0 unspecified atom stereocenters. The standard InChI is InChI=1S/C16H13ClN2O.ClH/c1-11-15(17)13-8-5-9-19(16(13)18-11)10-14(20)12-6-3-2-4-7-12;/h2-9H,10H2,1H3;1H. The summed E-state index contributed by atoms with van der Waals surface area (Å²) < 4.78 is 1.84. The molecule has 5 heteroatoms. The molecular weight excluding hydrogens is 307 g/mol. The Morgan fingerprint density at radius 1 is 1.19 bits per heavy atom. The van der Waals surface area contributed by atoms with Gasteiger partial charge in [0, 0.05) is 17.3 Å². The van der Waals surface area contributed by atoms with Crippen molar-refractivity contribution in [2.75, 3.05) is 0 Å². The molecule has 2 aliphatic heterocycles. The minimum absolute atomic E-state index is 0. The van der Waals surface area contributed by atoms with Crippen molar-refractivity contribution in [2.45, 2.75) is 13.5 Å². The van der Waals surface area contributed by atoms with Crippen LogP contribution in [-0.2, 0) is 6.54 Å². The third-order valence-electron chi connectivity index (χ3n) is 3.28. The Morgan fingerprint density at radius 3 is 2.62 bits per heavy atom. The fourth-order valence-corrected chi connectivity index (χ4v) is 2.43. The van der Waals surface area contributed by atoms with Crippen LogP contribution in [0.2, 0.25) is 5.02 Å². The van der Waals surface area contributed by atoms with Crippen molar-refractivity contribution in [1.82, 2.24) is 9.55 Å². The zero-order valence-electron chi connectivity index (χ0n) is 11.4. The fourth-order valence-electron chi connectivity index (χ4n) is 2.24. The number of fused-ring (bicyclic) bond motifs is 1. The largest absolute Gasteiger partial charge is 0.325 e. The molecule has 0 aliphatic carbocycles. The van der Waals surface area contributed by atoms with Gasteiger partial charge >= 0.3 is 0 Å². The van der Waals surface area contributed by atoms with Crippen LogP contribution in [0.15, 0.2) is 48.7 Å². The average molecular weight is 321 g/mol. The van der Waals surface area contributed by atoms with Crippen molar-refractivity contribution < 1.29 is 4.79 Å². The molecule has 0 spiro atoms. The Bertz CT molecular complexity index is 738. The van der Waals surface area contributed by atoms with E-state index in [1.165, 1.54) is 0 Å². The first-order valence-corrected chi connectivity index (χ1v) is 6.74. The van der Waals surface area contributed by atoms with Crippen molar-refractivity contribution in [3.63, 3.8) is 0 Å². The van der Waals surface area contributed by atoms with E-state index in [9.17, 15) is 4.79 Å². The highest BCUT2D eigenvalue weighted by molar-refractivity contribution is 6.34. The van der Waals surface area contributed by atoms with E-state index in [2.05, 4.69) is 4.98 Å². The van der Waals surface area contributed by atoms with Crippen molar-refractivity contribution in [3.05, 3.63) is 64.9 Å². The van der Waals surface area contributed by atoms with Crippen LogP contribution in [0.3, 0.4) is 0 Å². The topological polar surface area (TPSA) is 34.9 Å². The Labute approximate surface area is 134 Å². The molecule has 1 aromatic rings. The van der Waals surface area contributed by atoms with Crippen molar-refractivity contribution in [1.29, 1.82) is 0 Å². The minimum atomic E-state index is 0. The molecule has 2 aliphatic rings. The van der Waals surface area contributed by atoms with Gasteiger partial charge in [-0.3, -0.25) is 4.79 Å². The molecule has 1 aromatic carbocycles. The Morgan fingerprint density at radius 2 is 1.90 bits per heavy atom. The van der Waals surface area contributed by atoms with Crippen LogP contribution in [0, 0.1) is 6.92 Å². The summed E-state index contributed by atoms with van der Waals surface area (Å²) in [5.74, 6) is 0.805. The van der Waals surface area contributed by atoms with E-state index in [0.717, 1.165) is 17.1 Å². The molecule has 3 nitrogen and oxygen atoms in total. The molecule has 0 fully saturated rings. The van der Waals surface area contributed by atoms with Gasteiger partial charge in [0.25, 0.3) is 0 Å². The molecule has 21 heavy (non-hydrogen) atoms. The summed E-state index contributed by atoms with van der Waals surface area (Å²) in [7, 11) is 0. The molecule has 0 radical (unpaired) electrons. The quantitative estimate of drug-likeness (QED) is 0.676. The number of hydrogen-bond donors (Lipinski definition) is 0. The highest BCUT2D eigenvalue weighted by atomic mass is 35.5. The molecule has 0 bridgehead atoms. The maximum Gasteiger partial charge on any atom is 0.182 e. The number of rotatable bonds is 3. The number of nitrogens with zero attached hydrogens (tertiary/aromatic N) is 2. The molecule has 0 amide bonds. The smallest absolute Gasteiger partial charge is 0.182 e. The maximum absolute atomic E-state index is 12.3. The van der Waals surface area contributed by atoms with Crippen molar-refractivity contribution >= 4 is 29.8 Å². The third kappa shape index (κ3) is 2.94. The van der Waals surface area contributed by atoms with E-state index in [0.29, 0.717) is 10.6 Å². The Kier molecular flexibility index (Phi) is 4.66. The van der Waals surface area contributed by atoms with Crippen LogP contribution in [0.25, 0.3) is 11.4 Å². The number of hydrogen-bond acceptors (Lipinski definition) is 2. The van der Waals surface area contributed by atoms with Gasteiger partial charge in [-0.25, -0.2) is 4.98 Å². The molecule has 0 atom stereocenters. The first-order chi connectivity index (χ1) is 9.66. The van der Waals surface area contributed by atoms with Crippen LogP contribution in [0.5, 0.6) is 0 Å². The van der Waals surface area contributed by atoms with E-state index in [1.54, 1.807) is 0 Å². The Balaban J connectivity index is 0.00000161. The molecule has 3 rings (SSSR count). The normalized spacial score (nSPS) is 10.4. The van der Waals surface area contributed by atoms with Gasteiger partial charge in [0.1, 0.15) is 5.82 Å². The van der Waals surface area contributed by atoms with Gasteiger partial charge in [-0.05, 0) is 19.1 Å². The second kappa shape index (κ2) is 6.29. The number of pyridine rings is 1. The second-order valence-electron chi connectivity index (χ2n) is 4.67. The number of halogens is 2. The average Bonchev–Trinajstić information content (AvgIpc) is 2.77. The second-order valence-corrected chi connectivity index (χ2v) is 5.05. The summed E-state index contributed by atoms with van der Waals surface area (Å²) in [5, 5.41) is 0.654. The van der Waals surface area contributed by atoms with Crippen molar-refractivity contribution in [3.8, 4) is 11.4 Å². The highest BCUT2D eigenvalue weighted by Crippen LogP contribution is 2.32. The maximum atomic E-state index is 12.3. The molecule has 108 valence electrons. The van der Waals surface area contributed by atoms with Crippen LogP contribution in [0.4, 0.5) is 0 Å². The van der Waals surface area contributed by atoms with Crippen LogP contribution >= 0.6 is 24.0 Å². The zero-order chi connectivity index (χ0) is 14.1. The van der Waals surface area contributed by atoms with Crippen LogP contribution in [-0.4, -0.2) is 15.3 Å². The van der Waals surface area contributed by atoms with Gasteiger partial charge in [0.2, 0.25) is 0 Å². The Hall–Kier alpha value is -1.84. The number of benzene rings is 1. The number of aryl methyl sites for hydroxylation is 1. The molecule has 2 heterocycles. The lowest BCUT2D eigenvalue weighted by Crippen LogP contribution is -2.12. The highest BCUT2D eigenvalue weighted by Gasteiger charge is 2.17. The summed E-state index contributed by atoms with van der Waals surface area (Å²) in [4.78, 5) is 16.7. The lowest BCUT2D eigenvalue weighted by Gasteiger charge is -2.10. The van der Waals surface area contributed by atoms with E-state index >= 15 is 0 Å². The first kappa shape index (κ1) is 15.5. The van der Waals surface area contributed by atoms with E-state index < -0.39 is 0 Å². The van der Waals surface area contributed by atoms with Crippen molar-refractivity contribution in [2.24, 2.45) is 0 Å². The zero-order valence-corrected chi connectivity index (χ0v) is 13.0. The van der Waals surface area contributed by atoms with Gasteiger partial charge in [-0.1, -0.05) is 41.9 Å². The predicted octanol–water partition coefficient (Wildman–Crippen LogP) is 4.25. The number of carbonyl (C=O) groups excluding carboxylic acids is 1. The molecule has 0 N–H and O–H groups in total. The lowest BCUT2D eigenvalue weighted by molar-refractivity contribution is 0.0972. The number of carbonyl (C=O) groups is 1. The summed E-state index contributed by atoms with van der Waals surface area (Å²) in [6, 6.07) is 13.1. The van der Waals surface area contributed by atoms with Gasteiger partial charge in [0.05, 0.1) is 17.3 Å². The SMILES string of the molecule is Cc1nc2n(CC(=O)c3ccccc3)cccc-2c1Cl.Cl. The van der Waals surface area contributed by atoms with Crippen LogP contribution in [0.1, 0.15) is 16.1 Å². The molecule has 0 saturated carbocycles. The van der Waals surface area contributed by atoms with Gasteiger partial charge in [-0.2, -0.15) is 0 Å². The number of aromatic nitrogens is 2. The lowest BCUT2D eigenvalue weighted by atomic mass is 10.1. The van der Waals surface area contributed by atoms with Gasteiger partial charge < -0.3 is 4.57 Å². The third-order valence-corrected chi connectivity index (χ3v) is 3.76. The monoisotopic (exact) mass is 320 g/mol. The fraction of sp³-hybridized carbons (Fsp3) is 0.125. The summed E-state index contributed by atoms with van der Waals surface area (Å²) >= 11 is 6.21. The molecular formula is C16H14Cl2N2O. The summed E-state index contributed by atoms with van der Waals surface area (Å²) in [6.07, 6.45) is 1.85. The van der Waals surface area contributed by atoms with Gasteiger partial charge in [-0.15, -0.1) is 12.4 Å². The molecule has 0 saturated heterocycles. The van der Waals surface area contributed by atoms with E-state index in [-0.39, 0.29) is 24.7 Å². The minimum Gasteiger partial charge on any atom is -0.325 e. The first-order valence-electron chi connectivity index (χ1n) is 6.36. The predicted molar refractivity (Wildman–Crippen MR) is 86.6 cm³/mol. The molecule has 0 aromatic heterocycles. The summed E-state index contributed by atoms with van der Waals surface area (Å²) in [5.41, 5.74) is 2.37. The number of ketones is 1. The van der Waals surface area contributed by atoms with E-state index in [1.807, 2.05) is 60.2 Å². The van der Waals surface area contributed by atoms with Crippen LogP contribution < -0.4 is 0 Å².